The fourth-order valence-corrected chi connectivity index (χ4v) is 2.80. The van der Waals surface area contributed by atoms with Crippen LogP contribution in [-0.2, 0) is 9.47 Å². The molecule has 2 aliphatic carbocycles. The first kappa shape index (κ1) is 11.9. The normalized spacial score (nSPS) is 50.0. The third kappa shape index (κ3) is 1.62. The van der Waals surface area contributed by atoms with Crippen LogP contribution in [0.4, 0.5) is 8.78 Å². The number of allylic oxidation sites excluding steroid dienone is 3. The first-order valence-electron chi connectivity index (χ1n) is 6.19. The minimum absolute atomic E-state index is 0.0846. The molecule has 1 saturated heterocycles. The Kier molecular flexibility index (Phi) is 2.43. The molecule has 3 rings (SSSR count). The quantitative estimate of drug-likeness (QED) is 0.669. The van der Waals surface area contributed by atoms with Gasteiger partial charge in [-0.25, -0.2) is 8.78 Å². The second kappa shape index (κ2) is 3.67. The molecule has 0 N–H and O–H groups in total. The molecule has 0 radical (unpaired) electrons. The molecule has 0 amide bonds. The van der Waals surface area contributed by atoms with E-state index in [-0.39, 0.29) is 12.3 Å². The zero-order valence-corrected chi connectivity index (χ0v) is 10.4. The highest BCUT2D eigenvalue weighted by atomic mass is 19.2. The van der Waals surface area contributed by atoms with Gasteiger partial charge in [-0.15, -0.1) is 0 Å². The fourth-order valence-electron chi connectivity index (χ4n) is 2.80. The van der Waals surface area contributed by atoms with Crippen molar-refractivity contribution in [3.63, 3.8) is 0 Å². The Bertz CT molecular complexity index is 457. The lowest BCUT2D eigenvalue weighted by molar-refractivity contribution is -0.191. The fraction of sp³-hybridized carbons (Fsp3) is 0.571. The first-order chi connectivity index (χ1) is 8.43. The molecule has 0 saturated carbocycles. The van der Waals surface area contributed by atoms with E-state index in [9.17, 15) is 8.78 Å². The van der Waals surface area contributed by atoms with Gasteiger partial charge in [0.15, 0.2) is 0 Å². The number of hydrogen-bond acceptors (Lipinski definition) is 2. The Hall–Kier alpha value is -1.16. The van der Waals surface area contributed by atoms with Crippen molar-refractivity contribution in [2.75, 3.05) is 0 Å². The Labute approximate surface area is 105 Å². The molecule has 0 spiro atoms. The third-order valence-electron chi connectivity index (χ3n) is 3.90. The Morgan fingerprint density at radius 1 is 1.28 bits per heavy atom. The average molecular weight is 254 g/mol. The van der Waals surface area contributed by atoms with E-state index >= 15 is 0 Å². The molecule has 18 heavy (non-hydrogen) atoms. The van der Waals surface area contributed by atoms with E-state index in [0.717, 1.165) is 5.76 Å². The standard InChI is InChI=1S/C14H16F2O2/c1-13-7-3-4-12(13)17-14(2,18-13)9-5-6-10(15)11(16)8-9/h3-7,9-11H,8H2,1-2H3. The van der Waals surface area contributed by atoms with Crippen molar-refractivity contribution in [1.82, 2.24) is 0 Å². The summed E-state index contributed by atoms with van der Waals surface area (Å²) in [6.07, 6.45) is 5.64. The van der Waals surface area contributed by atoms with Crippen molar-refractivity contribution in [1.29, 1.82) is 0 Å². The summed E-state index contributed by atoms with van der Waals surface area (Å²) < 4.78 is 38.4. The summed E-state index contributed by atoms with van der Waals surface area (Å²) >= 11 is 0. The maximum Gasteiger partial charge on any atom is 0.215 e. The van der Waals surface area contributed by atoms with Gasteiger partial charge in [-0.2, -0.15) is 0 Å². The van der Waals surface area contributed by atoms with Crippen LogP contribution in [0.2, 0.25) is 0 Å². The van der Waals surface area contributed by atoms with Gasteiger partial charge in [-0.1, -0.05) is 18.2 Å². The molecular formula is C14H16F2O2. The van der Waals surface area contributed by atoms with Gasteiger partial charge >= 0.3 is 0 Å². The van der Waals surface area contributed by atoms with Crippen LogP contribution in [0.5, 0.6) is 0 Å². The van der Waals surface area contributed by atoms with Crippen LogP contribution in [-0.4, -0.2) is 23.7 Å². The van der Waals surface area contributed by atoms with Crippen molar-refractivity contribution in [2.45, 2.75) is 44.0 Å². The maximum absolute atomic E-state index is 13.5. The average Bonchev–Trinajstić information content (AvgIpc) is 2.74. The van der Waals surface area contributed by atoms with Crippen LogP contribution in [0.1, 0.15) is 20.3 Å². The summed E-state index contributed by atoms with van der Waals surface area (Å²) in [5.74, 6) is -0.473. The minimum atomic E-state index is -1.51. The Balaban J connectivity index is 1.84. The highest BCUT2D eigenvalue weighted by molar-refractivity contribution is 5.35. The van der Waals surface area contributed by atoms with Crippen LogP contribution < -0.4 is 0 Å². The summed E-state index contributed by atoms with van der Waals surface area (Å²) in [6, 6.07) is 0. The zero-order valence-electron chi connectivity index (χ0n) is 10.4. The van der Waals surface area contributed by atoms with Crippen molar-refractivity contribution in [3.8, 4) is 0 Å². The molecule has 1 heterocycles. The number of rotatable bonds is 1. The largest absolute Gasteiger partial charge is 0.463 e. The molecule has 0 aromatic carbocycles. The molecule has 2 nitrogen and oxygen atoms in total. The predicted molar refractivity (Wildman–Crippen MR) is 63.2 cm³/mol. The Morgan fingerprint density at radius 2 is 2.06 bits per heavy atom. The number of ether oxygens (including phenoxy) is 2. The van der Waals surface area contributed by atoms with Gasteiger partial charge in [-0.3, -0.25) is 0 Å². The minimum Gasteiger partial charge on any atom is -0.463 e. The van der Waals surface area contributed by atoms with Gasteiger partial charge in [0.25, 0.3) is 0 Å². The molecule has 98 valence electrons. The van der Waals surface area contributed by atoms with Crippen LogP contribution in [0.15, 0.2) is 36.1 Å². The molecule has 0 aromatic rings. The number of fused-ring (bicyclic) bond motifs is 1. The second-order valence-corrected chi connectivity index (χ2v) is 5.40. The topological polar surface area (TPSA) is 18.5 Å². The lowest BCUT2D eigenvalue weighted by Gasteiger charge is -2.34. The smallest absolute Gasteiger partial charge is 0.215 e. The lowest BCUT2D eigenvalue weighted by atomic mass is 9.87. The SMILES string of the molecule is CC12C=CC=C1OC(C)(C1C=CC(F)C(F)C1)O2. The number of halogens is 2. The molecule has 0 bridgehead atoms. The van der Waals surface area contributed by atoms with Gasteiger partial charge in [-0.05, 0) is 25.5 Å². The summed E-state index contributed by atoms with van der Waals surface area (Å²) in [5.41, 5.74) is -0.568. The number of hydrogen-bond donors (Lipinski definition) is 0. The van der Waals surface area contributed by atoms with E-state index in [1.54, 1.807) is 13.0 Å². The van der Waals surface area contributed by atoms with Crippen molar-refractivity contribution in [3.05, 3.63) is 36.1 Å². The zero-order chi connectivity index (χ0) is 13.0. The van der Waals surface area contributed by atoms with Crippen LogP contribution in [0.3, 0.4) is 0 Å². The molecule has 5 atom stereocenters. The van der Waals surface area contributed by atoms with Gasteiger partial charge < -0.3 is 9.47 Å². The van der Waals surface area contributed by atoms with Gasteiger partial charge in [0, 0.05) is 12.8 Å². The second-order valence-electron chi connectivity index (χ2n) is 5.40. The molecular weight excluding hydrogens is 238 g/mol. The molecule has 0 aromatic heterocycles. The first-order valence-corrected chi connectivity index (χ1v) is 6.19. The van der Waals surface area contributed by atoms with E-state index in [1.165, 1.54) is 6.08 Å². The van der Waals surface area contributed by atoms with Crippen LogP contribution in [0.25, 0.3) is 0 Å². The molecule has 4 heteroatoms. The summed E-state index contributed by atoms with van der Waals surface area (Å²) in [6.45, 7) is 3.69. The van der Waals surface area contributed by atoms with Gasteiger partial charge in [0.2, 0.25) is 5.79 Å². The van der Waals surface area contributed by atoms with Crippen molar-refractivity contribution in [2.24, 2.45) is 5.92 Å². The van der Waals surface area contributed by atoms with E-state index in [2.05, 4.69) is 0 Å². The molecule has 1 fully saturated rings. The van der Waals surface area contributed by atoms with E-state index in [1.807, 2.05) is 25.2 Å². The summed E-state index contributed by atoms with van der Waals surface area (Å²) in [5, 5.41) is 0. The summed E-state index contributed by atoms with van der Waals surface area (Å²) in [7, 11) is 0. The third-order valence-corrected chi connectivity index (χ3v) is 3.90. The molecule has 1 aliphatic heterocycles. The number of alkyl halides is 2. The molecule has 5 unspecified atom stereocenters. The van der Waals surface area contributed by atoms with E-state index in [4.69, 9.17) is 9.47 Å². The Morgan fingerprint density at radius 3 is 2.72 bits per heavy atom. The lowest BCUT2D eigenvalue weighted by Crippen LogP contribution is -2.41. The van der Waals surface area contributed by atoms with Gasteiger partial charge in [0.1, 0.15) is 23.7 Å². The van der Waals surface area contributed by atoms with Crippen molar-refractivity contribution < 1.29 is 18.3 Å². The monoisotopic (exact) mass is 254 g/mol. The van der Waals surface area contributed by atoms with Crippen molar-refractivity contribution >= 4 is 0 Å². The van der Waals surface area contributed by atoms with E-state index < -0.39 is 23.7 Å². The highest BCUT2D eigenvalue weighted by Crippen LogP contribution is 2.48. The van der Waals surface area contributed by atoms with Crippen LogP contribution in [0, 0.1) is 5.92 Å². The van der Waals surface area contributed by atoms with Crippen LogP contribution >= 0.6 is 0 Å². The molecule has 3 aliphatic rings. The highest BCUT2D eigenvalue weighted by Gasteiger charge is 2.54. The van der Waals surface area contributed by atoms with E-state index in [0.29, 0.717) is 0 Å². The summed E-state index contributed by atoms with van der Waals surface area (Å²) in [4.78, 5) is 0. The maximum atomic E-state index is 13.5. The van der Waals surface area contributed by atoms with Gasteiger partial charge in [0.05, 0.1) is 0 Å². The predicted octanol–water partition coefficient (Wildman–Crippen LogP) is 3.21.